The first-order chi connectivity index (χ1) is 11.2. The zero-order valence-corrected chi connectivity index (χ0v) is 13.0. The largest absolute Gasteiger partial charge is 0.394 e. The Morgan fingerprint density at radius 3 is 2.83 bits per heavy atom. The van der Waals surface area contributed by atoms with Gasteiger partial charge >= 0.3 is 6.03 Å². The van der Waals surface area contributed by atoms with E-state index in [2.05, 4.69) is 10.6 Å². The van der Waals surface area contributed by atoms with Crippen molar-refractivity contribution in [3.8, 4) is 0 Å². The number of carbonyl (C=O) groups excluding carboxylic acids is 2. The Balaban J connectivity index is 1.69. The van der Waals surface area contributed by atoms with E-state index < -0.39 is 0 Å². The molecule has 0 aromatic heterocycles. The fourth-order valence-corrected chi connectivity index (χ4v) is 2.47. The SMILES string of the molecule is O=C(NCCOCCO)NC1CC(=O)N(Cc2ccccc2)C1. The number of benzene rings is 1. The number of rotatable bonds is 8. The number of hydrogen-bond donors (Lipinski definition) is 3. The number of aliphatic hydroxyl groups is 1. The van der Waals surface area contributed by atoms with Gasteiger partial charge in [0.2, 0.25) is 5.91 Å². The molecule has 0 spiro atoms. The molecular formula is C16H23N3O4. The summed E-state index contributed by atoms with van der Waals surface area (Å²) in [6, 6.07) is 9.30. The van der Waals surface area contributed by atoms with Gasteiger partial charge in [-0.15, -0.1) is 0 Å². The second-order valence-corrected chi connectivity index (χ2v) is 5.40. The first kappa shape index (κ1) is 17.2. The molecule has 1 aromatic carbocycles. The lowest BCUT2D eigenvalue weighted by molar-refractivity contribution is -0.128. The standard InChI is InChI=1S/C16H23N3O4/c20-7-9-23-8-6-17-16(22)18-14-10-15(21)19(12-14)11-13-4-2-1-3-5-13/h1-5,14,20H,6-12H2,(H2,17,18,22). The quantitative estimate of drug-likeness (QED) is 0.592. The minimum Gasteiger partial charge on any atom is -0.394 e. The maximum atomic E-state index is 12.0. The Bertz CT molecular complexity index is 509. The van der Waals surface area contributed by atoms with Crippen LogP contribution in [0.1, 0.15) is 12.0 Å². The predicted molar refractivity (Wildman–Crippen MR) is 84.7 cm³/mol. The van der Waals surface area contributed by atoms with Gasteiger partial charge in [-0.3, -0.25) is 4.79 Å². The van der Waals surface area contributed by atoms with E-state index in [9.17, 15) is 9.59 Å². The van der Waals surface area contributed by atoms with Gasteiger partial charge in [0.1, 0.15) is 0 Å². The molecule has 0 saturated carbocycles. The number of likely N-dealkylation sites (tertiary alicyclic amines) is 1. The fraction of sp³-hybridized carbons (Fsp3) is 0.500. The van der Waals surface area contributed by atoms with Crippen LogP contribution in [0, 0.1) is 0 Å². The van der Waals surface area contributed by atoms with Gasteiger partial charge in [-0.2, -0.15) is 0 Å². The van der Waals surface area contributed by atoms with Crippen molar-refractivity contribution in [2.24, 2.45) is 0 Å². The summed E-state index contributed by atoms with van der Waals surface area (Å²) in [5.41, 5.74) is 1.08. The topological polar surface area (TPSA) is 90.9 Å². The van der Waals surface area contributed by atoms with E-state index in [1.807, 2.05) is 30.3 Å². The van der Waals surface area contributed by atoms with Crippen LogP contribution in [0.4, 0.5) is 4.79 Å². The third kappa shape index (κ3) is 5.88. The summed E-state index contributed by atoms with van der Waals surface area (Å²) in [7, 11) is 0. The summed E-state index contributed by atoms with van der Waals surface area (Å²) in [5, 5.41) is 14.0. The number of nitrogens with one attached hydrogen (secondary N) is 2. The smallest absolute Gasteiger partial charge is 0.315 e. The van der Waals surface area contributed by atoms with Crippen LogP contribution in [-0.4, -0.2) is 60.9 Å². The molecule has 3 amide bonds. The maximum Gasteiger partial charge on any atom is 0.315 e. The first-order valence-electron chi connectivity index (χ1n) is 7.73. The zero-order valence-electron chi connectivity index (χ0n) is 13.0. The number of ether oxygens (including phenoxy) is 1. The highest BCUT2D eigenvalue weighted by molar-refractivity contribution is 5.81. The van der Waals surface area contributed by atoms with Crippen molar-refractivity contribution in [1.29, 1.82) is 0 Å². The van der Waals surface area contributed by atoms with Crippen LogP contribution >= 0.6 is 0 Å². The van der Waals surface area contributed by atoms with Crippen molar-refractivity contribution in [2.45, 2.75) is 19.0 Å². The van der Waals surface area contributed by atoms with Gasteiger partial charge in [0.15, 0.2) is 0 Å². The number of amides is 3. The molecule has 1 fully saturated rings. The molecule has 1 saturated heterocycles. The first-order valence-corrected chi connectivity index (χ1v) is 7.73. The van der Waals surface area contributed by atoms with E-state index in [1.54, 1.807) is 4.90 Å². The molecular weight excluding hydrogens is 298 g/mol. The molecule has 1 aliphatic rings. The average Bonchev–Trinajstić information content (AvgIpc) is 2.87. The number of nitrogens with zero attached hydrogens (tertiary/aromatic N) is 1. The van der Waals surface area contributed by atoms with Crippen molar-refractivity contribution >= 4 is 11.9 Å². The Morgan fingerprint density at radius 1 is 1.30 bits per heavy atom. The fourth-order valence-electron chi connectivity index (χ4n) is 2.47. The van der Waals surface area contributed by atoms with Crippen LogP contribution in [0.3, 0.4) is 0 Å². The third-order valence-corrected chi connectivity index (χ3v) is 3.53. The molecule has 7 nitrogen and oxygen atoms in total. The van der Waals surface area contributed by atoms with E-state index in [0.29, 0.717) is 32.7 Å². The highest BCUT2D eigenvalue weighted by Crippen LogP contribution is 2.14. The highest BCUT2D eigenvalue weighted by Gasteiger charge is 2.30. The van der Waals surface area contributed by atoms with Crippen molar-refractivity contribution in [1.82, 2.24) is 15.5 Å². The minimum absolute atomic E-state index is 0.0341. The lowest BCUT2D eigenvalue weighted by Gasteiger charge is -2.17. The van der Waals surface area contributed by atoms with E-state index in [0.717, 1.165) is 5.56 Å². The molecule has 1 aromatic rings. The third-order valence-electron chi connectivity index (χ3n) is 3.53. The van der Waals surface area contributed by atoms with Gasteiger partial charge in [-0.1, -0.05) is 30.3 Å². The molecule has 7 heteroatoms. The molecule has 3 N–H and O–H groups in total. The van der Waals surface area contributed by atoms with Gasteiger partial charge in [-0.05, 0) is 5.56 Å². The lowest BCUT2D eigenvalue weighted by Crippen LogP contribution is -2.44. The summed E-state index contributed by atoms with van der Waals surface area (Å²) in [5.74, 6) is 0.0467. The molecule has 0 radical (unpaired) electrons. The van der Waals surface area contributed by atoms with Crippen LogP contribution in [-0.2, 0) is 16.1 Å². The summed E-state index contributed by atoms with van der Waals surface area (Å²) >= 11 is 0. The molecule has 1 unspecified atom stereocenters. The summed E-state index contributed by atoms with van der Waals surface area (Å²) in [6.07, 6.45) is 0.321. The van der Waals surface area contributed by atoms with Gasteiger partial charge in [0, 0.05) is 26.1 Å². The number of carbonyl (C=O) groups is 2. The van der Waals surface area contributed by atoms with E-state index in [4.69, 9.17) is 9.84 Å². The van der Waals surface area contributed by atoms with Crippen LogP contribution in [0.25, 0.3) is 0 Å². The summed E-state index contributed by atoms with van der Waals surface area (Å²) in [6.45, 7) is 2.01. The van der Waals surface area contributed by atoms with E-state index in [1.165, 1.54) is 0 Å². The van der Waals surface area contributed by atoms with Crippen molar-refractivity contribution < 1.29 is 19.4 Å². The molecule has 1 atom stereocenters. The van der Waals surface area contributed by atoms with Gasteiger partial charge < -0.3 is 25.4 Å². The molecule has 126 valence electrons. The molecule has 1 heterocycles. The van der Waals surface area contributed by atoms with Crippen molar-refractivity contribution in [2.75, 3.05) is 32.9 Å². The van der Waals surface area contributed by atoms with Crippen molar-refractivity contribution in [3.63, 3.8) is 0 Å². The van der Waals surface area contributed by atoms with E-state index >= 15 is 0 Å². The Hall–Kier alpha value is -2.12. The van der Waals surface area contributed by atoms with Crippen molar-refractivity contribution in [3.05, 3.63) is 35.9 Å². The molecule has 0 aliphatic carbocycles. The van der Waals surface area contributed by atoms with Crippen LogP contribution < -0.4 is 10.6 Å². The maximum absolute atomic E-state index is 12.0. The minimum atomic E-state index is -0.308. The van der Waals surface area contributed by atoms with Crippen LogP contribution in [0.15, 0.2) is 30.3 Å². The second-order valence-electron chi connectivity index (χ2n) is 5.40. The van der Waals surface area contributed by atoms with Gasteiger partial charge in [0.05, 0.1) is 25.9 Å². The monoisotopic (exact) mass is 321 g/mol. The summed E-state index contributed by atoms with van der Waals surface area (Å²) < 4.78 is 5.05. The average molecular weight is 321 g/mol. The summed E-state index contributed by atoms with van der Waals surface area (Å²) in [4.78, 5) is 25.5. The number of urea groups is 1. The Morgan fingerprint density at radius 2 is 2.09 bits per heavy atom. The normalized spacial score (nSPS) is 17.3. The Labute approximate surface area is 135 Å². The zero-order chi connectivity index (χ0) is 16.5. The predicted octanol–water partition coefficient (Wildman–Crippen LogP) is 0.0956. The van der Waals surface area contributed by atoms with Crippen LogP contribution in [0.5, 0.6) is 0 Å². The molecule has 1 aliphatic heterocycles. The molecule has 2 rings (SSSR count). The van der Waals surface area contributed by atoms with Gasteiger partial charge in [-0.25, -0.2) is 4.79 Å². The highest BCUT2D eigenvalue weighted by atomic mass is 16.5. The number of aliphatic hydroxyl groups excluding tert-OH is 1. The lowest BCUT2D eigenvalue weighted by atomic mass is 10.2. The number of hydrogen-bond acceptors (Lipinski definition) is 4. The molecule has 23 heavy (non-hydrogen) atoms. The second kappa shape index (κ2) is 9.12. The molecule has 0 bridgehead atoms. The van der Waals surface area contributed by atoms with Gasteiger partial charge in [0.25, 0.3) is 0 Å². The van der Waals surface area contributed by atoms with E-state index in [-0.39, 0.29) is 31.2 Å². The Kier molecular flexibility index (Phi) is 6.83. The van der Waals surface area contributed by atoms with Crippen LogP contribution in [0.2, 0.25) is 0 Å².